The number of carbonyl (C=O) groups excluding carboxylic acids is 1. The predicted molar refractivity (Wildman–Crippen MR) is 68.4 cm³/mol. The number of ether oxygens (including phenoxy) is 1. The van der Waals surface area contributed by atoms with Crippen molar-refractivity contribution < 1.29 is 17.9 Å². The van der Waals surface area contributed by atoms with Crippen molar-refractivity contribution in [1.29, 1.82) is 0 Å². The summed E-state index contributed by atoms with van der Waals surface area (Å²) in [6, 6.07) is 4.22. The SMILES string of the molecule is Cc1cc(S(=O)(=O)Cl)ccc1OCC(=O)N(C)C. The van der Waals surface area contributed by atoms with Crippen LogP contribution in [-0.2, 0) is 13.8 Å². The molecule has 1 aromatic rings. The Labute approximate surface area is 111 Å². The predicted octanol–water partition coefficient (Wildman–Crippen LogP) is 1.39. The molecule has 0 saturated carbocycles. The normalized spacial score (nSPS) is 11.1. The summed E-state index contributed by atoms with van der Waals surface area (Å²) >= 11 is 0. The average molecular weight is 292 g/mol. The Balaban J connectivity index is 2.84. The molecule has 1 aromatic carbocycles. The van der Waals surface area contributed by atoms with E-state index in [4.69, 9.17) is 15.4 Å². The van der Waals surface area contributed by atoms with Crippen LogP contribution in [0.3, 0.4) is 0 Å². The minimum Gasteiger partial charge on any atom is -0.483 e. The van der Waals surface area contributed by atoms with E-state index in [0.29, 0.717) is 11.3 Å². The number of hydrogen-bond donors (Lipinski definition) is 0. The van der Waals surface area contributed by atoms with Gasteiger partial charge in [-0.05, 0) is 30.7 Å². The number of carbonyl (C=O) groups is 1. The van der Waals surface area contributed by atoms with E-state index in [9.17, 15) is 13.2 Å². The first-order valence-electron chi connectivity index (χ1n) is 5.10. The number of aryl methyl sites for hydroxylation is 1. The van der Waals surface area contributed by atoms with Crippen molar-refractivity contribution in [2.75, 3.05) is 20.7 Å². The van der Waals surface area contributed by atoms with Gasteiger partial charge in [-0.15, -0.1) is 0 Å². The Morgan fingerprint density at radius 2 is 2.00 bits per heavy atom. The van der Waals surface area contributed by atoms with Crippen LogP contribution >= 0.6 is 10.7 Å². The first-order chi connectivity index (χ1) is 8.21. The highest BCUT2D eigenvalue weighted by atomic mass is 35.7. The van der Waals surface area contributed by atoms with Gasteiger partial charge in [-0.1, -0.05) is 0 Å². The number of amides is 1. The summed E-state index contributed by atoms with van der Waals surface area (Å²) < 4.78 is 27.5. The number of nitrogens with zero attached hydrogens (tertiary/aromatic N) is 1. The zero-order chi connectivity index (χ0) is 13.9. The lowest BCUT2D eigenvalue weighted by Crippen LogP contribution is -2.27. The van der Waals surface area contributed by atoms with Crippen LogP contribution in [0, 0.1) is 6.92 Å². The molecule has 1 rings (SSSR count). The third kappa shape index (κ3) is 3.89. The molecule has 0 aliphatic carbocycles. The van der Waals surface area contributed by atoms with E-state index < -0.39 is 9.05 Å². The van der Waals surface area contributed by atoms with Gasteiger partial charge in [0, 0.05) is 24.8 Å². The lowest BCUT2D eigenvalue weighted by molar-refractivity contribution is -0.130. The fraction of sp³-hybridized carbons (Fsp3) is 0.364. The van der Waals surface area contributed by atoms with Gasteiger partial charge in [-0.3, -0.25) is 4.79 Å². The van der Waals surface area contributed by atoms with Gasteiger partial charge in [0.1, 0.15) is 5.75 Å². The van der Waals surface area contributed by atoms with Crippen molar-refractivity contribution in [3.8, 4) is 5.75 Å². The summed E-state index contributed by atoms with van der Waals surface area (Å²) in [6.45, 7) is 1.59. The van der Waals surface area contributed by atoms with Crippen LogP contribution < -0.4 is 4.74 Å². The maximum absolute atomic E-state index is 11.3. The number of rotatable bonds is 4. The smallest absolute Gasteiger partial charge is 0.261 e. The molecule has 0 aromatic heterocycles. The molecule has 7 heteroatoms. The molecule has 0 aliphatic heterocycles. The second kappa shape index (κ2) is 5.58. The van der Waals surface area contributed by atoms with Crippen LogP contribution in [-0.4, -0.2) is 39.9 Å². The summed E-state index contributed by atoms with van der Waals surface area (Å²) in [6.07, 6.45) is 0. The summed E-state index contributed by atoms with van der Waals surface area (Å²) in [5, 5.41) is 0. The zero-order valence-corrected chi connectivity index (χ0v) is 11.9. The van der Waals surface area contributed by atoms with Gasteiger partial charge >= 0.3 is 0 Å². The second-order valence-electron chi connectivity index (χ2n) is 3.94. The molecule has 0 fully saturated rings. The summed E-state index contributed by atoms with van der Waals surface area (Å²) in [4.78, 5) is 12.8. The Bertz CT molecular complexity index is 554. The highest BCUT2D eigenvalue weighted by molar-refractivity contribution is 8.13. The molecule has 0 aliphatic rings. The van der Waals surface area contributed by atoms with Crippen LogP contribution in [0.25, 0.3) is 0 Å². The van der Waals surface area contributed by atoms with E-state index in [1.165, 1.54) is 23.1 Å². The Morgan fingerprint density at radius 3 is 2.44 bits per heavy atom. The Hall–Kier alpha value is -1.27. The third-order valence-corrected chi connectivity index (χ3v) is 3.63. The summed E-state index contributed by atoms with van der Waals surface area (Å²) in [5.41, 5.74) is 0.600. The highest BCUT2D eigenvalue weighted by Crippen LogP contribution is 2.23. The van der Waals surface area contributed by atoms with Crippen molar-refractivity contribution in [1.82, 2.24) is 4.90 Å². The van der Waals surface area contributed by atoms with Gasteiger partial charge < -0.3 is 9.64 Å². The largest absolute Gasteiger partial charge is 0.483 e. The molecule has 0 heterocycles. The van der Waals surface area contributed by atoms with Crippen LogP contribution in [0.1, 0.15) is 5.56 Å². The standard InChI is InChI=1S/C11H14ClNO4S/c1-8-6-9(18(12,15)16)4-5-10(8)17-7-11(14)13(2)3/h4-6H,7H2,1-3H3. The van der Waals surface area contributed by atoms with Crippen LogP contribution in [0.15, 0.2) is 23.1 Å². The molecule has 1 amide bonds. The molecule has 0 spiro atoms. The summed E-state index contributed by atoms with van der Waals surface area (Å²) in [5.74, 6) is 0.276. The topological polar surface area (TPSA) is 63.7 Å². The first-order valence-corrected chi connectivity index (χ1v) is 7.41. The molecule has 100 valence electrons. The van der Waals surface area contributed by atoms with Crippen LogP contribution in [0.4, 0.5) is 0 Å². The molecule has 0 radical (unpaired) electrons. The lowest BCUT2D eigenvalue weighted by Gasteiger charge is -2.13. The molecular weight excluding hydrogens is 278 g/mol. The minimum atomic E-state index is -3.75. The molecule has 0 bridgehead atoms. The Kier molecular flexibility index (Phi) is 4.59. The van der Waals surface area contributed by atoms with Crippen molar-refractivity contribution in [2.24, 2.45) is 0 Å². The first kappa shape index (κ1) is 14.8. The van der Waals surface area contributed by atoms with Crippen molar-refractivity contribution in [2.45, 2.75) is 11.8 Å². The summed E-state index contributed by atoms with van der Waals surface area (Å²) in [7, 11) is 4.73. The molecule has 0 unspecified atom stereocenters. The molecule has 5 nitrogen and oxygen atoms in total. The molecule has 0 N–H and O–H groups in total. The number of benzene rings is 1. The molecule has 18 heavy (non-hydrogen) atoms. The van der Waals surface area contributed by atoms with E-state index in [2.05, 4.69) is 0 Å². The fourth-order valence-corrected chi connectivity index (χ4v) is 2.04. The quantitative estimate of drug-likeness (QED) is 0.787. The van der Waals surface area contributed by atoms with Crippen molar-refractivity contribution in [3.63, 3.8) is 0 Å². The van der Waals surface area contributed by atoms with E-state index in [0.717, 1.165) is 0 Å². The number of hydrogen-bond acceptors (Lipinski definition) is 4. The van der Waals surface area contributed by atoms with Crippen LogP contribution in [0.5, 0.6) is 5.75 Å². The van der Waals surface area contributed by atoms with E-state index >= 15 is 0 Å². The highest BCUT2D eigenvalue weighted by Gasteiger charge is 2.12. The monoisotopic (exact) mass is 291 g/mol. The third-order valence-electron chi connectivity index (χ3n) is 2.28. The fourth-order valence-electron chi connectivity index (χ4n) is 1.20. The number of halogens is 1. The van der Waals surface area contributed by atoms with E-state index in [-0.39, 0.29) is 17.4 Å². The maximum atomic E-state index is 11.3. The van der Waals surface area contributed by atoms with Gasteiger partial charge in [-0.2, -0.15) is 0 Å². The maximum Gasteiger partial charge on any atom is 0.261 e. The molecular formula is C11H14ClNO4S. The van der Waals surface area contributed by atoms with Gasteiger partial charge in [0.25, 0.3) is 15.0 Å². The zero-order valence-electron chi connectivity index (χ0n) is 10.3. The minimum absolute atomic E-state index is 0.00736. The Morgan fingerprint density at radius 1 is 1.39 bits per heavy atom. The van der Waals surface area contributed by atoms with Gasteiger partial charge in [0.2, 0.25) is 0 Å². The van der Waals surface area contributed by atoms with Gasteiger partial charge in [-0.25, -0.2) is 8.42 Å². The van der Waals surface area contributed by atoms with Gasteiger partial charge in [0.05, 0.1) is 4.90 Å². The van der Waals surface area contributed by atoms with Crippen molar-refractivity contribution in [3.05, 3.63) is 23.8 Å². The average Bonchev–Trinajstić information content (AvgIpc) is 2.25. The lowest BCUT2D eigenvalue weighted by atomic mass is 10.2. The second-order valence-corrected chi connectivity index (χ2v) is 6.51. The van der Waals surface area contributed by atoms with E-state index in [1.807, 2.05) is 0 Å². The number of likely N-dealkylation sites (N-methyl/N-ethyl adjacent to an activating group) is 1. The van der Waals surface area contributed by atoms with Crippen LogP contribution in [0.2, 0.25) is 0 Å². The van der Waals surface area contributed by atoms with Gasteiger partial charge in [0.15, 0.2) is 6.61 Å². The molecule has 0 atom stereocenters. The van der Waals surface area contributed by atoms with E-state index in [1.54, 1.807) is 21.0 Å². The van der Waals surface area contributed by atoms with Crippen molar-refractivity contribution >= 4 is 25.6 Å². The molecule has 0 saturated heterocycles.